The van der Waals surface area contributed by atoms with Gasteiger partial charge >= 0.3 is 0 Å². The highest BCUT2D eigenvalue weighted by molar-refractivity contribution is 5.53. The first-order valence-electron chi connectivity index (χ1n) is 6.96. The van der Waals surface area contributed by atoms with Crippen LogP contribution in [0.25, 0.3) is 0 Å². The Balaban J connectivity index is 2.33. The topological polar surface area (TPSA) is 53.0 Å². The van der Waals surface area contributed by atoms with E-state index < -0.39 is 11.6 Å². The highest BCUT2D eigenvalue weighted by Gasteiger charge is 2.30. The van der Waals surface area contributed by atoms with E-state index in [1.807, 2.05) is 0 Å². The number of halogens is 2. The molecule has 108 valence electrons. The van der Waals surface area contributed by atoms with Crippen LogP contribution >= 0.6 is 0 Å². The molecule has 1 aromatic rings. The molecule has 0 aromatic heterocycles. The predicted molar refractivity (Wildman–Crippen MR) is 74.3 cm³/mol. The van der Waals surface area contributed by atoms with Crippen LogP contribution in [0, 0.1) is 28.9 Å². The normalized spacial score (nSPS) is 22.6. The maximum absolute atomic E-state index is 14.1. The second-order valence-electron chi connectivity index (χ2n) is 5.28. The fourth-order valence-electron chi connectivity index (χ4n) is 2.93. The van der Waals surface area contributed by atoms with Crippen molar-refractivity contribution in [3.8, 4) is 6.07 Å². The molecule has 2 unspecified atom stereocenters. The lowest BCUT2D eigenvalue weighted by atomic mass is 9.88. The third-order valence-electron chi connectivity index (χ3n) is 4.11. The molecular weight excluding hydrogens is 260 g/mol. The number of nitrogens with two attached hydrogens (primary N) is 1. The first-order chi connectivity index (χ1) is 9.60. The SMILES string of the molecule is CCC1CCN(c2c(F)cc(C#N)cc2F)C(CN)C1. The number of nitrogens with zero attached hydrogens (tertiary/aromatic N) is 2. The molecule has 0 aliphatic carbocycles. The lowest BCUT2D eigenvalue weighted by molar-refractivity contribution is 0.331. The van der Waals surface area contributed by atoms with Crippen molar-refractivity contribution in [2.24, 2.45) is 11.7 Å². The summed E-state index contributed by atoms with van der Waals surface area (Å²) in [5, 5.41) is 8.74. The summed E-state index contributed by atoms with van der Waals surface area (Å²) >= 11 is 0. The van der Waals surface area contributed by atoms with Crippen LogP contribution in [0.2, 0.25) is 0 Å². The smallest absolute Gasteiger partial charge is 0.150 e. The molecule has 0 bridgehead atoms. The van der Waals surface area contributed by atoms with E-state index in [2.05, 4.69) is 6.92 Å². The average molecular weight is 279 g/mol. The Morgan fingerprint density at radius 2 is 2.05 bits per heavy atom. The van der Waals surface area contributed by atoms with Gasteiger partial charge in [-0.3, -0.25) is 0 Å². The van der Waals surface area contributed by atoms with E-state index in [1.165, 1.54) is 0 Å². The molecule has 3 nitrogen and oxygen atoms in total. The molecule has 1 aromatic carbocycles. The molecule has 1 aliphatic heterocycles. The summed E-state index contributed by atoms with van der Waals surface area (Å²) in [5.74, 6) is -0.811. The van der Waals surface area contributed by atoms with E-state index in [9.17, 15) is 8.78 Å². The van der Waals surface area contributed by atoms with Gasteiger partial charge in [-0.1, -0.05) is 13.3 Å². The zero-order valence-corrected chi connectivity index (χ0v) is 11.6. The Morgan fingerprint density at radius 1 is 1.40 bits per heavy atom. The summed E-state index contributed by atoms with van der Waals surface area (Å²) < 4.78 is 28.2. The van der Waals surface area contributed by atoms with Crippen molar-refractivity contribution in [1.82, 2.24) is 0 Å². The molecule has 0 amide bonds. The Hall–Kier alpha value is -1.67. The molecule has 2 rings (SSSR count). The quantitative estimate of drug-likeness (QED) is 0.925. The minimum atomic E-state index is -0.685. The van der Waals surface area contributed by atoms with Crippen molar-refractivity contribution >= 4 is 5.69 Å². The van der Waals surface area contributed by atoms with Crippen LogP contribution in [0.5, 0.6) is 0 Å². The lowest BCUT2D eigenvalue weighted by Crippen LogP contribution is -2.47. The maximum Gasteiger partial charge on any atom is 0.150 e. The van der Waals surface area contributed by atoms with Gasteiger partial charge in [-0.05, 0) is 30.9 Å². The van der Waals surface area contributed by atoms with Crippen LogP contribution in [-0.4, -0.2) is 19.1 Å². The molecule has 0 radical (unpaired) electrons. The van der Waals surface area contributed by atoms with Gasteiger partial charge in [0.1, 0.15) is 5.69 Å². The van der Waals surface area contributed by atoms with E-state index >= 15 is 0 Å². The van der Waals surface area contributed by atoms with E-state index in [0.29, 0.717) is 19.0 Å². The second-order valence-corrected chi connectivity index (χ2v) is 5.28. The van der Waals surface area contributed by atoms with Crippen LogP contribution < -0.4 is 10.6 Å². The molecule has 0 spiro atoms. The largest absolute Gasteiger partial charge is 0.363 e. The zero-order valence-electron chi connectivity index (χ0n) is 11.6. The van der Waals surface area contributed by atoms with Crippen LogP contribution in [0.3, 0.4) is 0 Å². The van der Waals surface area contributed by atoms with Gasteiger partial charge in [0, 0.05) is 19.1 Å². The van der Waals surface area contributed by atoms with Gasteiger partial charge in [-0.2, -0.15) is 5.26 Å². The number of hydrogen-bond acceptors (Lipinski definition) is 3. The van der Waals surface area contributed by atoms with Crippen LogP contribution in [0.15, 0.2) is 12.1 Å². The highest BCUT2D eigenvalue weighted by atomic mass is 19.1. The summed E-state index contributed by atoms with van der Waals surface area (Å²) in [4.78, 5) is 1.72. The number of hydrogen-bond donors (Lipinski definition) is 1. The molecule has 1 fully saturated rings. The summed E-state index contributed by atoms with van der Waals surface area (Å²) in [5.41, 5.74) is 5.71. The van der Waals surface area contributed by atoms with Gasteiger partial charge in [0.2, 0.25) is 0 Å². The molecule has 1 aliphatic rings. The molecule has 2 N–H and O–H groups in total. The standard InChI is InChI=1S/C15H19F2N3/c1-2-10-3-4-20(12(5-10)9-19)15-13(16)6-11(8-18)7-14(15)17/h6-7,10,12H,2-5,9,19H2,1H3. The highest BCUT2D eigenvalue weighted by Crippen LogP contribution is 2.33. The third-order valence-corrected chi connectivity index (χ3v) is 4.11. The van der Waals surface area contributed by atoms with E-state index in [0.717, 1.165) is 31.4 Å². The Labute approximate surface area is 118 Å². The van der Waals surface area contributed by atoms with Crippen molar-refractivity contribution < 1.29 is 8.78 Å². The maximum atomic E-state index is 14.1. The van der Waals surface area contributed by atoms with E-state index in [4.69, 9.17) is 11.0 Å². The number of nitriles is 1. The summed E-state index contributed by atoms with van der Waals surface area (Å²) in [7, 11) is 0. The monoisotopic (exact) mass is 279 g/mol. The summed E-state index contributed by atoms with van der Waals surface area (Å²) in [6.45, 7) is 3.09. The van der Waals surface area contributed by atoms with Gasteiger partial charge in [0.05, 0.1) is 11.6 Å². The molecule has 1 saturated heterocycles. The molecule has 1 heterocycles. The summed E-state index contributed by atoms with van der Waals surface area (Å²) in [6, 6.07) is 3.87. The van der Waals surface area contributed by atoms with Gasteiger partial charge in [0.25, 0.3) is 0 Å². The molecule has 5 heteroatoms. The first kappa shape index (κ1) is 14.7. The van der Waals surface area contributed by atoms with Crippen molar-refractivity contribution in [1.29, 1.82) is 5.26 Å². The molecule has 0 saturated carbocycles. The van der Waals surface area contributed by atoms with E-state index in [1.54, 1.807) is 11.0 Å². The van der Waals surface area contributed by atoms with Crippen LogP contribution in [0.1, 0.15) is 31.7 Å². The molecule has 2 atom stereocenters. The van der Waals surface area contributed by atoms with Gasteiger partial charge in [0.15, 0.2) is 11.6 Å². The fourth-order valence-corrected chi connectivity index (χ4v) is 2.93. The van der Waals surface area contributed by atoms with Crippen molar-refractivity contribution in [2.45, 2.75) is 32.2 Å². The van der Waals surface area contributed by atoms with Gasteiger partial charge in [-0.15, -0.1) is 0 Å². The van der Waals surface area contributed by atoms with Crippen LogP contribution in [0.4, 0.5) is 14.5 Å². The van der Waals surface area contributed by atoms with Crippen molar-refractivity contribution in [3.63, 3.8) is 0 Å². The Kier molecular flexibility index (Phi) is 4.56. The fraction of sp³-hybridized carbons (Fsp3) is 0.533. The van der Waals surface area contributed by atoms with E-state index in [-0.39, 0.29) is 17.3 Å². The average Bonchev–Trinajstić information content (AvgIpc) is 2.46. The Morgan fingerprint density at radius 3 is 2.55 bits per heavy atom. The predicted octanol–water partition coefficient (Wildman–Crippen LogP) is 2.79. The zero-order chi connectivity index (χ0) is 14.7. The first-order valence-corrected chi connectivity index (χ1v) is 6.96. The number of piperidine rings is 1. The summed E-state index contributed by atoms with van der Waals surface area (Å²) in [6.07, 6.45) is 2.82. The number of rotatable bonds is 3. The third kappa shape index (κ3) is 2.75. The minimum Gasteiger partial charge on any atom is -0.363 e. The number of benzene rings is 1. The van der Waals surface area contributed by atoms with Crippen LogP contribution in [-0.2, 0) is 0 Å². The molecule has 20 heavy (non-hydrogen) atoms. The van der Waals surface area contributed by atoms with Gasteiger partial charge in [-0.25, -0.2) is 8.78 Å². The van der Waals surface area contributed by atoms with Crippen molar-refractivity contribution in [3.05, 3.63) is 29.3 Å². The van der Waals surface area contributed by atoms with Gasteiger partial charge < -0.3 is 10.6 Å². The lowest BCUT2D eigenvalue weighted by Gasteiger charge is -2.40. The number of anilines is 1. The molecular formula is C15H19F2N3. The Bertz CT molecular complexity index is 501. The second kappa shape index (κ2) is 6.19. The minimum absolute atomic E-state index is 0.00325. The van der Waals surface area contributed by atoms with Crippen molar-refractivity contribution in [2.75, 3.05) is 18.0 Å².